The minimum absolute atomic E-state index is 0.185. The van der Waals surface area contributed by atoms with Gasteiger partial charge in [0.05, 0.1) is 11.0 Å². The molecule has 0 aliphatic heterocycles. The molecule has 8 bridgehead atoms. The Morgan fingerprint density at radius 2 is 1.20 bits per heavy atom. The van der Waals surface area contributed by atoms with Crippen LogP contribution in [-0.2, 0) is 0 Å². The summed E-state index contributed by atoms with van der Waals surface area (Å²) in [6.45, 7) is 4.31. The standard InChI is InChI=1S/C28H40OS/c1-17(2)29-24-3-4-30-25(24)26(27-11-18-5-19(12-27)7-20(6-18)13-27)28-14-21-8-22(15-28)10-23(9-21)16-28/h3-4,17-23,26H,5-16H2,1-2H3/i26D. The van der Waals surface area contributed by atoms with Gasteiger partial charge in [0.2, 0.25) is 0 Å². The van der Waals surface area contributed by atoms with E-state index in [1.165, 1.54) is 81.9 Å². The fraction of sp³-hybridized carbons (Fsp3) is 0.857. The smallest absolute Gasteiger partial charge is 0.133 e. The molecule has 1 aromatic heterocycles. The molecule has 1 aromatic rings. The number of hydrogen-bond donors (Lipinski definition) is 0. The molecule has 1 nitrogen and oxygen atoms in total. The number of rotatable bonds is 5. The van der Waals surface area contributed by atoms with Crippen molar-refractivity contribution in [1.82, 2.24) is 0 Å². The molecule has 8 saturated carbocycles. The molecule has 0 radical (unpaired) electrons. The van der Waals surface area contributed by atoms with E-state index in [1.54, 1.807) is 0 Å². The second-order valence-electron chi connectivity index (χ2n) is 13.1. The molecule has 1 heterocycles. The predicted molar refractivity (Wildman–Crippen MR) is 124 cm³/mol. The molecule has 0 atom stereocenters. The first-order chi connectivity index (χ1) is 14.9. The summed E-state index contributed by atoms with van der Waals surface area (Å²) in [4.78, 5) is 1.34. The van der Waals surface area contributed by atoms with E-state index < -0.39 is 5.89 Å². The van der Waals surface area contributed by atoms with Gasteiger partial charge in [-0.15, -0.1) is 11.3 Å². The summed E-state index contributed by atoms with van der Waals surface area (Å²) < 4.78 is 17.3. The lowest BCUT2D eigenvalue weighted by Crippen LogP contribution is -2.57. The van der Waals surface area contributed by atoms with E-state index in [-0.39, 0.29) is 16.9 Å². The second kappa shape index (κ2) is 6.52. The van der Waals surface area contributed by atoms with Crippen LogP contribution in [0.1, 0.15) is 103 Å². The maximum Gasteiger partial charge on any atom is 0.133 e. The summed E-state index contributed by atoms with van der Waals surface area (Å²) >= 11 is 1.88. The highest BCUT2D eigenvalue weighted by Gasteiger charge is 2.63. The molecule has 9 rings (SSSR count). The number of thiophene rings is 1. The topological polar surface area (TPSA) is 9.23 Å². The van der Waals surface area contributed by atoms with E-state index in [9.17, 15) is 1.37 Å². The van der Waals surface area contributed by atoms with Crippen molar-refractivity contribution >= 4 is 11.3 Å². The third-order valence-corrected chi connectivity index (χ3v) is 11.3. The lowest BCUT2D eigenvalue weighted by molar-refractivity contribution is -0.143. The van der Waals surface area contributed by atoms with E-state index in [4.69, 9.17) is 4.74 Å². The molecule has 0 saturated heterocycles. The van der Waals surface area contributed by atoms with Crippen molar-refractivity contribution in [2.75, 3.05) is 0 Å². The van der Waals surface area contributed by atoms with E-state index in [0.29, 0.717) is 0 Å². The van der Waals surface area contributed by atoms with Crippen LogP contribution in [0.4, 0.5) is 0 Å². The molecule has 2 heteroatoms. The fourth-order valence-corrected chi connectivity index (χ4v) is 11.8. The van der Waals surface area contributed by atoms with Crippen molar-refractivity contribution in [3.05, 3.63) is 16.3 Å². The number of ether oxygens (including phenoxy) is 1. The summed E-state index contributed by atoms with van der Waals surface area (Å²) in [6, 6.07) is 2.21. The third-order valence-electron chi connectivity index (χ3n) is 10.4. The molecule has 30 heavy (non-hydrogen) atoms. The predicted octanol–water partition coefficient (Wildman–Crippen LogP) is 8.05. The lowest BCUT2D eigenvalue weighted by atomic mass is 9.38. The minimum atomic E-state index is -0.440. The summed E-state index contributed by atoms with van der Waals surface area (Å²) in [5, 5.41) is 2.25. The first kappa shape index (κ1) is 18.0. The highest BCUT2D eigenvalue weighted by atomic mass is 32.1. The van der Waals surface area contributed by atoms with Gasteiger partial charge in [-0.1, -0.05) is 0 Å². The largest absolute Gasteiger partial charge is 0.490 e. The summed E-state index contributed by atoms with van der Waals surface area (Å²) in [5.74, 6) is 6.04. The van der Waals surface area contributed by atoms with Gasteiger partial charge in [0.1, 0.15) is 5.75 Å². The monoisotopic (exact) mass is 425 g/mol. The Bertz CT molecular complexity index is 754. The van der Waals surface area contributed by atoms with Gasteiger partial charge in [-0.05, 0) is 149 Å². The van der Waals surface area contributed by atoms with Crippen LogP contribution in [0.25, 0.3) is 0 Å². The zero-order valence-electron chi connectivity index (χ0n) is 20.0. The Morgan fingerprint density at radius 3 is 1.57 bits per heavy atom. The van der Waals surface area contributed by atoms with Crippen LogP contribution in [0.5, 0.6) is 5.75 Å². The normalized spacial score (nSPS) is 50.7. The van der Waals surface area contributed by atoms with Gasteiger partial charge < -0.3 is 4.74 Å². The van der Waals surface area contributed by atoms with Crippen molar-refractivity contribution in [3.8, 4) is 5.75 Å². The lowest BCUT2D eigenvalue weighted by Gasteiger charge is -2.67. The van der Waals surface area contributed by atoms with Crippen LogP contribution in [0, 0.1) is 46.3 Å². The molecule has 8 fully saturated rings. The van der Waals surface area contributed by atoms with Crippen LogP contribution in [0.15, 0.2) is 11.4 Å². The SMILES string of the molecule is [2H]C(c1sccc1OC(C)C)(C12CC3CC(CC(C3)C1)C2)C12CC3CC(CC(C3)C1)C2. The Hall–Kier alpha value is -0.500. The highest BCUT2D eigenvalue weighted by Crippen LogP contribution is 2.74. The average Bonchev–Trinajstić information content (AvgIpc) is 3.12. The van der Waals surface area contributed by atoms with Crippen molar-refractivity contribution in [1.29, 1.82) is 0 Å². The quantitative estimate of drug-likeness (QED) is 0.463. The molecular weight excluding hydrogens is 384 g/mol. The fourth-order valence-electron chi connectivity index (χ4n) is 10.7. The van der Waals surface area contributed by atoms with Crippen molar-refractivity contribution < 1.29 is 6.11 Å². The first-order valence-corrected chi connectivity index (χ1v) is 14.0. The molecule has 0 N–H and O–H groups in total. The zero-order chi connectivity index (χ0) is 21.0. The molecule has 0 unspecified atom stereocenters. The minimum Gasteiger partial charge on any atom is -0.490 e. The van der Waals surface area contributed by atoms with Crippen LogP contribution >= 0.6 is 11.3 Å². The van der Waals surface area contributed by atoms with E-state index in [2.05, 4.69) is 25.3 Å². The molecule has 164 valence electrons. The molecule has 0 aromatic carbocycles. The van der Waals surface area contributed by atoms with E-state index in [0.717, 1.165) is 41.3 Å². The van der Waals surface area contributed by atoms with Crippen LogP contribution in [0.3, 0.4) is 0 Å². The average molecular weight is 426 g/mol. The van der Waals surface area contributed by atoms with Crippen molar-refractivity contribution in [2.24, 2.45) is 46.3 Å². The highest BCUT2D eigenvalue weighted by molar-refractivity contribution is 7.10. The summed E-state index contributed by atoms with van der Waals surface area (Å²) in [6.07, 6.45) is 17.0. The van der Waals surface area contributed by atoms with Gasteiger partial charge in [-0.25, -0.2) is 0 Å². The maximum absolute atomic E-state index is 10.8. The van der Waals surface area contributed by atoms with Gasteiger partial charge in [-0.2, -0.15) is 0 Å². The first-order valence-electron chi connectivity index (χ1n) is 13.6. The molecular formula is C28H40OS. The molecule has 0 amide bonds. The maximum atomic E-state index is 10.8. The Morgan fingerprint density at radius 1 is 0.800 bits per heavy atom. The van der Waals surface area contributed by atoms with Crippen LogP contribution in [-0.4, -0.2) is 6.10 Å². The van der Waals surface area contributed by atoms with Crippen molar-refractivity contribution in [3.63, 3.8) is 0 Å². The van der Waals surface area contributed by atoms with Crippen LogP contribution < -0.4 is 4.74 Å². The summed E-state index contributed by atoms with van der Waals surface area (Å²) in [5.41, 5.74) is 0.403. The zero-order valence-corrected chi connectivity index (χ0v) is 19.8. The van der Waals surface area contributed by atoms with Gasteiger partial charge >= 0.3 is 0 Å². The third kappa shape index (κ3) is 2.77. The Labute approximate surface area is 188 Å². The van der Waals surface area contributed by atoms with Gasteiger partial charge in [-0.3, -0.25) is 0 Å². The van der Waals surface area contributed by atoms with Crippen LogP contribution in [0.2, 0.25) is 0 Å². The molecule has 8 aliphatic rings. The van der Waals surface area contributed by atoms with E-state index >= 15 is 0 Å². The van der Waals surface area contributed by atoms with E-state index in [1.807, 2.05) is 11.3 Å². The molecule has 0 spiro atoms. The molecule has 8 aliphatic carbocycles. The van der Waals surface area contributed by atoms with Gasteiger partial charge in [0, 0.05) is 7.26 Å². The Kier molecular flexibility index (Phi) is 3.91. The Balaban J connectivity index is 1.41. The van der Waals surface area contributed by atoms with Gasteiger partial charge in [0.25, 0.3) is 0 Å². The second-order valence-corrected chi connectivity index (χ2v) is 14.0. The summed E-state index contributed by atoms with van der Waals surface area (Å²) in [7, 11) is 0. The van der Waals surface area contributed by atoms with Crippen molar-refractivity contribution in [2.45, 2.75) is 103 Å². The van der Waals surface area contributed by atoms with Gasteiger partial charge in [0.15, 0.2) is 0 Å². The number of hydrogen-bond acceptors (Lipinski definition) is 2.